The molecule has 3 aromatic carbocycles. The van der Waals surface area contributed by atoms with Crippen LogP contribution < -0.4 is 20.1 Å². The first kappa shape index (κ1) is 26.8. The molecule has 10 nitrogen and oxygen atoms in total. The van der Waals surface area contributed by atoms with Gasteiger partial charge in [-0.25, -0.2) is 13.2 Å². The van der Waals surface area contributed by atoms with Crippen LogP contribution in [0.25, 0.3) is 0 Å². The summed E-state index contributed by atoms with van der Waals surface area (Å²) in [5.41, 5.74) is -0.942. The Kier molecular flexibility index (Phi) is 7.15. The van der Waals surface area contributed by atoms with Crippen LogP contribution in [0.15, 0.2) is 71.6 Å². The summed E-state index contributed by atoms with van der Waals surface area (Å²) in [5, 5.41) is 5.53. The van der Waals surface area contributed by atoms with Crippen molar-refractivity contribution >= 4 is 56.8 Å². The number of rotatable bonds is 6. The van der Waals surface area contributed by atoms with Crippen molar-refractivity contribution in [2.24, 2.45) is 0 Å². The maximum Gasteiger partial charge on any atom is 0.322 e. The summed E-state index contributed by atoms with van der Waals surface area (Å²) < 4.78 is 34.6. The van der Waals surface area contributed by atoms with E-state index in [0.717, 1.165) is 0 Å². The number of hydrogen-bond acceptors (Lipinski definition) is 6. The average Bonchev–Trinajstić information content (AvgIpc) is 3.18. The monoisotopic (exact) mass is 588 g/mol. The molecule has 3 N–H and O–H groups in total. The lowest BCUT2D eigenvalue weighted by atomic mass is 9.87. The van der Waals surface area contributed by atoms with E-state index < -0.39 is 33.4 Å². The molecule has 0 aromatic heterocycles. The third kappa shape index (κ3) is 5.51. The molecule has 1 spiro atoms. The van der Waals surface area contributed by atoms with E-state index in [1.165, 1.54) is 47.4 Å². The van der Waals surface area contributed by atoms with Crippen LogP contribution in [0.5, 0.6) is 11.5 Å². The summed E-state index contributed by atoms with van der Waals surface area (Å²) in [6.07, 6.45) is 0.446. The summed E-state index contributed by atoms with van der Waals surface area (Å²) in [6.45, 7) is 0.357. The van der Waals surface area contributed by atoms with Crippen LogP contribution >= 0.6 is 23.2 Å². The van der Waals surface area contributed by atoms with Crippen LogP contribution in [0.3, 0.4) is 0 Å². The number of para-hydroxylation sites is 1. The SMILES string of the molecule is O=C1NC(=O)C2(CCN(C(=O)c3cc(Cl)ccc3NS(=O)(=O)c3ccc(Oc4ccccc4Cl)cc3)CC2)N1. The van der Waals surface area contributed by atoms with Crippen LogP contribution in [0.2, 0.25) is 10.0 Å². The van der Waals surface area contributed by atoms with Gasteiger partial charge in [0.2, 0.25) is 0 Å². The highest BCUT2D eigenvalue weighted by Gasteiger charge is 2.48. The van der Waals surface area contributed by atoms with Crippen LogP contribution in [-0.4, -0.2) is 49.8 Å². The van der Waals surface area contributed by atoms with E-state index in [1.54, 1.807) is 24.3 Å². The highest BCUT2D eigenvalue weighted by Crippen LogP contribution is 2.31. The van der Waals surface area contributed by atoms with Gasteiger partial charge in [0.15, 0.2) is 0 Å². The van der Waals surface area contributed by atoms with Crippen molar-refractivity contribution < 1.29 is 27.5 Å². The summed E-state index contributed by atoms with van der Waals surface area (Å²) in [7, 11) is -4.09. The van der Waals surface area contributed by atoms with Gasteiger partial charge in [0, 0.05) is 18.1 Å². The van der Waals surface area contributed by atoms with Crippen LogP contribution in [0.1, 0.15) is 23.2 Å². The standard InChI is InChI=1S/C26H22Cl2N4O6S/c27-16-5-10-21(19(15-16)23(33)32-13-11-26(12-14-32)24(34)29-25(35)30-26)31-39(36,37)18-8-6-17(7-9-18)38-22-4-2-1-3-20(22)28/h1-10,15,31H,11-14H2,(H2,29,30,34,35). The van der Waals surface area contributed by atoms with Crippen molar-refractivity contribution in [3.63, 3.8) is 0 Å². The second-order valence-electron chi connectivity index (χ2n) is 9.08. The predicted octanol–water partition coefficient (Wildman–Crippen LogP) is 4.40. The van der Waals surface area contributed by atoms with E-state index in [1.807, 2.05) is 0 Å². The van der Waals surface area contributed by atoms with Crippen LogP contribution in [0.4, 0.5) is 10.5 Å². The van der Waals surface area contributed by atoms with Gasteiger partial charge in [0.25, 0.3) is 21.8 Å². The fraction of sp³-hybridized carbons (Fsp3) is 0.192. The van der Waals surface area contributed by atoms with Crippen molar-refractivity contribution in [2.75, 3.05) is 17.8 Å². The zero-order valence-corrected chi connectivity index (χ0v) is 22.6. The third-order valence-corrected chi connectivity index (χ3v) is 8.50. The van der Waals surface area contributed by atoms with Gasteiger partial charge < -0.3 is 15.0 Å². The van der Waals surface area contributed by atoms with Crippen molar-refractivity contribution in [3.05, 3.63) is 82.3 Å². The first-order chi connectivity index (χ1) is 18.6. The molecule has 0 bridgehead atoms. The Hall–Kier alpha value is -3.80. The summed E-state index contributed by atoms with van der Waals surface area (Å²) in [6, 6.07) is 16.3. The lowest BCUT2D eigenvalue weighted by Gasteiger charge is -2.37. The average molecular weight is 589 g/mol. The lowest BCUT2D eigenvalue weighted by Crippen LogP contribution is -2.55. The smallest absolute Gasteiger partial charge is 0.322 e. The van der Waals surface area contributed by atoms with Crippen molar-refractivity contribution in [1.82, 2.24) is 15.5 Å². The maximum absolute atomic E-state index is 13.4. The number of imide groups is 1. The second kappa shape index (κ2) is 10.4. The first-order valence-electron chi connectivity index (χ1n) is 11.8. The van der Waals surface area contributed by atoms with Gasteiger partial charge in [-0.2, -0.15) is 0 Å². The molecule has 0 aliphatic carbocycles. The number of piperidine rings is 1. The Bertz CT molecular complexity index is 1570. The zero-order chi connectivity index (χ0) is 27.8. The molecule has 3 aromatic rings. The number of carbonyl (C=O) groups excluding carboxylic acids is 3. The quantitative estimate of drug-likeness (QED) is 0.365. The fourth-order valence-corrected chi connectivity index (χ4v) is 5.90. The van der Waals surface area contributed by atoms with Gasteiger partial charge in [0.1, 0.15) is 17.0 Å². The normalized spacial score (nSPS) is 16.5. The van der Waals surface area contributed by atoms with E-state index in [9.17, 15) is 22.8 Å². The van der Waals surface area contributed by atoms with Gasteiger partial charge in [-0.15, -0.1) is 0 Å². The van der Waals surface area contributed by atoms with Gasteiger partial charge in [0.05, 0.1) is 21.2 Å². The third-order valence-electron chi connectivity index (χ3n) is 6.57. The molecule has 13 heteroatoms. The molecule has 0 radical (unpaired) electrons. The summed E-state index contributed by atoms with van der Waals surface area (Å²) in [4.78, 5) is 38.7. The maximum atomic E-state index is 13.4. The number of sulfonamides is 1. The van der Waals surface area contributed by atoms with E-state index >= 15 is 0 Å². The largest absolute Gasteiger partial charge is 0.456 e. The molecule has 2 aliphatic heterocycles. The minimum atomic E-state index is -4.09. The predicted molar refractivity (Wildman–Crippen MR) is 145 cm³/mol. The molecule has 2 aliphatic rings. The molecule has 0 unspecified atom stereocenters. The lowest BCUT2D eigenvalue weighted by molar-refractivity contribution is -0.125. The van der Waals surface area contributed by atoms with E-state index in [0.29, 0.717) is 16.5 Å². The second-order valence-corrected chi connectivity index (χ2v) is 11.6. The summed E-state index contributed by atoms with van der Waals surface area (Å²) >= 11 is 12.3. The fourth-order valence-electron chi connectivity index (χ4n) is 4.47. The van der Waals surface area contributed by atoms with Gasteiger partial charge in [-0.3, -0.25) is 19.6 Å². The molecule has 2 saturated heterocycles. The Morgan fingerprint density at radius 3 is 2.31 bits per heavy atom. The van der Waals surface area contributed by atoms with Crippen molar-refractivity contribution in [1.29, 1.82) is 0 Å². The molecule has 0 atom stereocenters. The molecule has 2 heterocycles. The topological polar surface area (TPSA) is 134 Å². The van der Waals surface area contributed by atoms with Crippen LogP contribution in [0, 0.1) is 0 Å². The highest BCUT2D eigenvalue weighted by atomic mass is 35.5. The number of benzene rings is 3. The van der Waals surface area contributed by atoms with Crippen LogP contribution in [-0.2, 0) is 14.8 Å². The molecule has 2 fully saturated rings. The Balaban J connectivity index is 1.32. The number of likely N-dealkylation sites (tertiary alicyclic amines) is 1. The van der Waals surface area contributed by atoms with Gasteiger partial charge in [-0.05, 0) is 67.4 Å². The molecule has 4 amide bonds. The Labute approximate surface area is 234 Å². The Morgan fingerprint density at radius 1 is 0.974 bits per heavy atom. The van der Waals surface area contributed by atoms with Crippen molar-refractivity contribution in [3.8, 4) is 11.5 Å². The molecular weight excluding hydrogens is 567 g/mol. The number of amides is 4. The molecular formula is C26H22Cl2N4O6S. The number of nitrogens with one attached hydrogen (secondary N) is 3. The molecule has 39 heavy (non-hydrogen) atoms. The number of anilines is 1. The molecule has 5 rings (SSSR count). The first-order valence-corrected chi connectivity index (χ1v) is 14.1. The van der Waals surface area contributed by atoms with E-state index in [4.69, 9.17) is 27.9 Å². The number of halogens is 2. The highest BCUT2D eigenvalue weighted by molar-refractivity contribution is 7.92. The number of urea groups is 1. The van der Waals surface area contributed by atoms with Gasteiger partial charge in [-0.1, -0.05) is 35.3 Å². The number of carbonyl (C=O) groups is 3. The number of ether oxygens (including phenoxy) is 1. The minimum Gasteiger partial charge on any atom is -0.456 e. The Morgan fingerprint density at radius 2 is 1.67 bits per heavy atom. The number of hydrogen-bond donors (Lipinski definition) is 3. The van der Waals surface area contributed by atoms with E-state index in [2.05, 4.69) is 15.4 Å². The van der Waals surface area contributed by atoms with E-state index in [-0.39, 0.29) is 47.1 Å². The molecule has 202 valence electrons. The zero-order valence-electron chi connectivity index (χ0n) is 20.2. The number of nitrogens with zero attached hydrogens (tertiary/aromatic N) is 1. The minimum absolute atomic E-state index is 0.0491. The molecule has 0 saturated carbocycles. The summed E-state index contributed by atoms with van der Waals surface area (Å²) in [5.74, 6) is -0.0615. The van der Waals surface area contributed by atoms with Crippen molar-refractivity contribution in [2.45, 2.75) is 23.3 Å². The van der Waals surface area contributed by atoms with Gasteiger partial charge >= 0.3 is 6.03 Å².